The predicted octanol–water partition coefficient (Wildman–Crippen LogP) is 4.75. The number of para-hydroxylation sites is 3. The fraction of sp³-hybridized carbons (Fsp3) is 0.333. The zero-order valence-corrected chi connectivity index (χ0v) is 15.6. The minimum Gasteiger partial charge on any atom is -0.346 e. The van der Waals surface area contributed by atoms with Crippen molar-refractivity contribution in [3.05, 3.63) is 60.4 Å². The number of aromatic amines is 1. The van der Waals surface area contributed by atoms with Gasteiger partial charge in [0.2, 0.25) is 0 Å². The van der Waals surface area contributed by atoms with Gasteiger partial charge in [-0.2, -0.15) is 0 Å². The van der Waals surface area contributed by atoms with Gasteiger partial charge >= 0.3 is 0 Å². The highest BCUT2D eigenvalue weighted by atomic mass is 32.1. The summed E-state index contributed by atoms with van der Waals surface area (Å²) in [5, 5.41) is 4.23. The summed E-state index contributed by atoms with van der Waals surface area (Å²) in [5.74, 6) is 1.02. The van der Waals surface area contributed by atoms with E-state index in [1.807, 2.05) is 36.4 Å². The Hall–Kier alpha value is -2.40. The molecule has 0 unspecified atom stereocenters. The molecule has 0 saturated heterocycles. The van der Waals surface area contributed by atoms with Crippen LogP contribution in [-0.2, 0) is 6.42 Å². The highest BCUT2D eigenvalue weighted by Gasteiger charge is 2.24. The highest BCUT2D eigenvalue weighted by Crippen LogP contribution is 2.25. The lowest BCUT2D eigenvalue weighted by Crippen LogP contribution is -2.42. The van der Waals surface area contributed by atoms with Crippen molar-refractivity contribution in [3.8, 4) is 0 Å². The smallest absolute Gasteiger partial charge is 0.173 e. The molecule has 1 heterocycles. The standard InChI is InChI=1S/C21H24N4S/c26-21(22-16-8-2-1-3-9-16)25(17-10-4-5-11-17)15-14-20-23-18-12-6-7-13-19(18)24-20/h1-3,6-9,12-13,17H,4-5,10-11,14-15H2,(H,22,26)(H,23,24). The summed E-state index contributed by atoms with van der Waals surface area (Å²) in [5.41, 5.74) is 3.17. The second-order valence-corrected chi connectivity index (χ2v) is 7.27. The first kappa shape index (κ1) is 17.0. The highest BCUT2D eigenvalue weighted by molar-refractivity contribution is 7.80. The number of nitrogens with zero attached hydrogens (tertiary/aromatic N) is 2. The Bertz CT molecular complexity index is 835. The van der Waals surface area contributed by atoms with Gasteiger partial charge in [0.25, 0.3) is 0 Å². The summed E-state index contributed by atoms with van der Waals surface area (Å²) in [6.07, 6.45) is 5.88. The molecule has 1 saturated carbocycles. The maximum Gasteiger partial charge on any atom is 0.173 e. The van der Waals surface area contributed by atoms with E-state index in [0.717, 1.165) is 40.6 Å². The maximum absolute atomic E-state index is 5.76. The molecule has 1 aliphatic carbocycles. The number of hydrogen-bond donors (Lipinski definition) is 2. The van der Waals surface area contributed by atoms with Crippen molar-refractivity contribution in [3.63, 3.8) is 0 Å². The fourth-order valence-corrected chi connectivity index (χ4v) is 4.09. The average Bonchev–Trinajstić information content (AvgIpc) is 3.32. The minimum atomic E-state index is 0.531. The minimum absolute atomic E-state index is 0.531. The van der Waals surface area contributed by atoms with E-state index in [0.29, 0.717) is 6.04 Å². The summed E-state index contributed by atoms with van der Waals surface area (Å²) in [6.45, 7) is 0.878. The first-order chi connectivity index (χ1) is 12.8. The van der Waals surface area contributed by atoms with E-state index in [1.54, 1.807) is 0 Å². The number of rotatable bonds is 5. The second-order valence-electron chi connectivity index (χ2n) is 6.88. The van der Waals surface area contributed by atoms with Crippen LogP contribution >= 0.6 is 12.2 Å². The molecule has 1 fully saturated rings. The molecule has 4 rings (SSSR count). The molecule has 0 aliphatic heterocycles. The third kappa shape index (κ3) is 3.88. The first-order valence-corrected chi connectivity index (χ1v) is 9.77. The van der Waals surface area contributed by atoms with Crippen molar-refractivity contribution in [2.24, 2.45) is 0 Å². The summed E-state index contributed by atoms with van der Waals surface area (Å²) in [7, 11) is 0. The summed E-state index contributed by atoms with van der Waals surface area (Å²) in [6, 6.07) is 18.9. The van der Waals surface area contributed by atoms with E-state index < -0.39 is 0 Å². The van der Waals surface area contributed by atoms with Crippen LogP contribution in [0, 0.1) is 0 Å². The molecule has 2 N–H and O–H groups in total. The molecule has 2 aromatic carbocycles. The van der Waals surface area contributed by atoms with E-state index in [4.69, 9.17) is 17.2 Å². The topological polar surface area (TPSA) is 44.0 Å². The number of imidazole rings is 1. The predicted molar refractivity (Wildman–Crippen MR) is 111 cm³/mol. The molecule has 1 aromatic heterocycles. The maximum atomic E-state index is 5.76. The SMILES string of the molecule is S=C(Nc1ccccc1)N(CCc1nc2ccccc2[nH]1)C1CCCC1. The molecular weight excluding hydrogens is 340 g/mol. The van der Waals surface area contributed by atoms with Gasteiger partial charge in [0.05, 0.1) is 11.0 Å². The van der Waals surface area contributed by atoms with E-state index in [9.17, 15) is 0 Å². The number of thiocarbonyl (C=S) groups is 1. The van der Waals surface area contributed by atoms with Gasteiger partial charge in [0, 0.05) is 24.7 Å². The van der Waals surface area contributed by atoms with E-state index in [2.05, 4.69) is 33.4 Å². The molecule has 0 radical (unpaired) electrons. The Balaban J connectivity index is 1.46. The van der Waals surface area contributed by atoms with Crippen LogP contribution in [0.1, 0.15) is 31.5 Å². The van der Waals surface area contributed by atoms with Crippen LogP contribution in [0.5, 0.6) is 0 Å². The summed E-state index contributed by atoms with van der Waals surface area (Å²) >= 11 is 5.76. The molecule has 5 heteroatoms. The molecule has 0 atom stereocenters. The lowest BCUT2D eigenvalue weighted by atomic mass is 10.2. The Kier molecular flexibility index (Phi) is 5.16. The zero-order valence-electron chi connectivity index (χ0n) is 14.8. The van der Waals surface area contributed by atoms with Crippen molar-refractivity contribution < 1.29 is 0 Å². The van der Waals surface area contributed by atoms with Crippen LogP contribution in [-0.4, -0.2) is 32.6 Å². The van der Waals surface area contributed by atoms with Crippen molar-refractivity contribution in [1.82, 2.24) is 14.9 Å². The van der Waals surface area contributed by atoms with Crippen molar-refractivity contribution in [2.75, 3.05) is 11.9 Å². The molecule has 3 aromatic rings. The van der Waals surface area contributed by atoms with Gasteiger partial charge in [0.15, 0.2) is 5.11 Å². The normalized spacial score (nSPS) is 14.6. The number of anilines is 1. The van der Waals surface area contributed by atoms with Crippen LogP contribution < -0.4 is 5.32 Å². The van der Waals surface area contributed by atoms with Crippen LogP contribution in [0.25, 0.3) is 11.0 Å². The third-order valence-corrected chi connectivity index (χ3v) is 5.42. The Morgan fingerprint density at radius 1 is 1.08 bits per heavy atom. The molecule has 1 aliphatic rings. The van der Waals surface area contributed by atoms with Crippen LogP contribution in [0.3, 0.4) is 0 Å². The summed E-state index contributed by atoms with van der Waals surface area (Å²) in [4.78, 5) is 10.5. The van der Waals surface area contributed by atoms with E-state index >= 15 is 0 Å². The van der Waals surface area contributed by atoms with E-state index in [1.165, 1.54) is 25.7 Å². The number of H-pyrrole nitrogens is 1. The molecule has 0 spiro atoms. The monoisotopic (exact) mass is 364 g/mol. The molecule has 134 valence electrons. The lowest BCUT2D eigenvalue weighted by molar-refractivity contribution is 0.320. The Morgan fingerprint density at radius 2 is 1.81 bits per heavy atom. The number of fused-ring (bicyclic) bond motifs is 1. The molecule has 0 bridgehead atoms. The van der Waals surface area contributed by atoms with Gasteiger partial charge in [-0.1, -0.05) is 43.2 Å². The zero-order chi connectivity index (χ0) is 17.8. The number of aromatic nitrogens is 2. The Labute approximate surface area is 159 Å². The summed E-state index contributed by atoms with van der Waals surface area (Å²) < 4.78 is 0. The van der Waals surface area contributed by atoms with Gasteiger partial charge in [0.1, 0.15) is 5.82 Å². The lowest BCUT2D eigenvalue weighted by Gasteiger charge is -2.31. The van der Waals surface area contributed by atoms with Crippen LogP contribution in [0.15, 0.2) is 54.6 Å². The van der Waals surface area contributed by atoms with Crippen LogP contribution in [0.2, 0.25) is 0 Å². The van der Waals surface area contributed by atoms with Gasteiger partial charge in [-0.05, 0) is 49.3 Å². The average molecular weight is 365 g/mol. The molecule has 26 heavy (non-hydrogen) atoms. The number of nitrogens with one attached hydrogen (secondary N) is 2. The fourth-order valence-electron chi connectivity index (χ4n) is 3.73. The van der Waals surface area contributed by atoms with Crippen molar-refractivity contribution in [1.29, 1.82) is 0 Å². The van der Waals surface area contributed by atoms with E-state index in [-0.39, 0.29) is 0 Å². The van der Waals surface area contributed by atoms with Gasteiger partial charge in [-0.25, -0.2) is 4.98 Å². The van der Waals surface area contributed by atoms with Crippen molar-refractivity contribution >= 4 is 34.1 Å². The third-order valence-electron chi connectivity index (χ3n) is 5.08. The quantitative estimate of drug-likeness (QED) is 0.642. The van der Waals surface area contributed by atoms with Crippen molar-refractivity contribution in [2.45, 2.75) is 38.1 Å². The van der Waals surface area contributed by atoms with Gasteiger partial charge in [-0.15, -0.1) is 0 Å². The number of hydrogen-bond acceptors (Lipinski definition) is 2. The first-order valence-electron chi connectivity index (χ1n) is 9.36. The van der Waals surface area contributed by atoms with Gasteiger partial charge < -0.3 is 15.2 Å². The van der Waals surface area contributed by atoms with Gasteiger partial charge in [-0.3, -0.25) is 0 Å². The molecular formula is C21H24N4S. The largest absolute Gasteiger partial charge is 0.346 e. The number of benzene rings is 2. The molecule has 0 amide bonds. The Morgan fingerprint density at radius 3 is 2.58 bits per heavy atom. The van der Waals surface area contributed by atoms with Crippen LogP contribution in [0.4, 0.5) is 5.69 Å². The second kappa shape index (κ2) is 7.87. The molecule has 4 nitrogen and oxygen atoms in total.